The molecule has 6 nitrogen and oxygen atoms in total. The summed E-state index contributed by atoms with van der Waals surface area (Å²) < 4.78 is 4.99. The molecule has 0 fully saturated rings. The number of carbonyl (C=O) groups is 1. The molecule has 0 aliphatic carbocycles. The van der Waals surface area contributed by atoms with Crippen LogP contribution in [0.3, 0.4) is 0 Å². The Morgan fingerprint density at radius 3 is 2.94 bits per heavy atom. The standard InChI is InChI=1S/C11H11ClN4O2/c12-8-4-2-1-3-7(8)11-15-10(18-16-11)6-14-9(17)5-13/h1-4H,5-6,13H2,(H,14,17). The molecule has 1 aromatic carbocycles. The van der Waals surface area contributed by atoms with Crippen LogP contribution in [0.4, 0.5) is 0 Å². The number of nitrogens with zero attached hydrogens (tertiary/aromatic N) is 2. The van der Waals surface area contributed by atoms with Gasteiger partial charge in [0.05, 0.1) is 18.1 Å². The molecule has 1 amide bonds. The summed E-state index contributed by atoms with van der Waals surface area (Å²) in [6, 6.07) is 7.17. The Labute approximate surface area is 108 Å². The Bertz CT molecular complexity index is 555. The SMILES string of the molecule is NCC(=O)NCc1nc(-c2ccccc2Cl)no1. The van der Waals surface area contributed by atoms with E-state index in [4.69, 9.17) is 21.9 Å². The third-order valence-corrected chi connectivity index (χ3v) is 2.53. The first-order valence-electron chi connectivity index (χ1n) is 5.25. The Balaban J connectivity index is 2.11. The number of benzene rings is 1. The number of hydrogen-bond acceptors (Lipinski definition) is 5. The Morgan fingerprint density at radius 2 is 2.22 bits per heavy atom. The second-order valence-electron chi connectivity index (χ2n) is 3.47. The average molecular weight is 267 g/mol. The molecule has 0 aliphatic heterocycles. The van der Waals surface area contributed by atoms with Crippen LogP contribution in [0.1, 0.15) is 5.89 Å². The van der Waals surface area contributed by atoms with Gasteiger partial charge in [-0.15, -0.1) is 0 Å². The van der Waals surface area contributed by atoms with Crippen molar-refractivity contribution in [2.75, 3.05) is 6.54 Å². The first-order valence-corrected chi connectivity index (χ1v) is 5.62. The Kier molecular flexibility index (Phi) is 3.91. The van der Waals surface area contributed by atoms with Crippen LogP contribution in [0.5, 0.6) is 0 Å². The van der Waals surface area contributed by atoms with E-state index >= 15 is 0 Å². The van der Waals surface area contributed by atoms with Gasteiger partial charge in [-0.25, -0.2) is 0 Å². The van der Waals surface area contributed by atoms with Crippen molar-refractivity contribution in [3.63, 3.8) is 0 Å². The molecule has 0 saturated heterocycles. The summed E-state index contributed by atoms with van der Waals surface area (Å²) >= 11 is 6.01. The third kappa shape index (κ3) is 2.85. The van der Waals surface area contributed by atoms with E-state index in [2.05, 4.69) is 15.5 Å². The first-order chi connectivity index (χ1) is 8.70. The van der Waals surface area contributed by atoms with E-state index in [0.29, 0.717) is 22.3 Å². The van der Waals surface area contributed by atoms with Gasteiger partial charge in [-0.05, 0) is 12.1 Å². The van der Waals surface area contributed by atoms with Crippen LogP contribution in [0.25, 0.3) is 11.4 Å². The van der Waals surface area contributed by atoms with E-state index < -0.39 is 0 Å². The van der Waals surface area contributed by atoms with Crippen LogP contribution in [-0.4, -0.2) is 22.6 Å². The molecule has 0 radical (unpaired) electrons. The number of nitrogens with two attached hydrogens (primary N) is 1. The molecule has 0 unspecified atom stereocenters. The molecule has 0 spiro atoms. The molecular formula is C11H11ClN4O2. The second-order valence-corrected chi connectivity index (χ2v) is 3.88. The minimum absolute atomic E-state index is 0.0779. The summed E-state index contributed by atoms with van der Waals surface area (Å²) in [6.45, 7) is 0.0684. The molecule has 1 heterocycles. The summed E-state index contributed by atoms with van der Waals surface area (Å²) in [6.07, 6.45) is 0. The van der Waals surface area contributed by atoms with Gasteiger partial charge in [0, 0.05) is 5.56 Å². The third-order valence-electron chi connectivity index (χ3n) is 2.21. The van der Waals surface area contributed by atoms with E-state index in [-0.39, 0.29) is 19.0 Å². The van der Waals surface area contributed by atoms with Crippen molar-refractivity contribution in [1.29, 1.82) is 0 Å². The smallest absolute Gasteiger partial charge is 0.246 e. The summed E-state index contributed by atoms with van der Waals surface area (Å²) in [4.78, 5) is 15.1. The fourth-order valence-electron chi connectivity index (χ4n) is 1.32. The van der Waals surface area contributed by atoms with E-state index in [1.165, 1.54) is 0 Å². The zero-order valence-corrected chi connectivity index (χ0v) is 10.1. The number of carbonyl (C=O) groups excluding carboxylic acids is 1. The normalized spacial score (nSPS) is 10.3. The van der Waals surface area contributed by atoms with Gasteiger partial charge in [-0.2, -0.15) is 4.98 Å². The van der Waals surface area contributed by atoms with Gasteiger partial charge in [-0.1, -0.05) is 28.9 Å². The zero-order chi connectivity index (χ0) is 13.0. The number of halogens is 1. The van der Waals surface area contributed by atoms with Gasteiger partial charge in [-0.3, -0.25) is 4.79 Å². The van der Waals surface area contributed by atoms with Crippen molar-refractivity contribution < 1.29 is 9.32 Å². The predicted octanol–water partition coefficient (Wildman–Crippen LogP) is 0.965. The first kappa shape index (κ1) is 12.5. The molecule has 94 valence electrons. The van der Waals surface area contributed by atoms with Crippen LogP contribution in [-0.2, 0) is 11.3 Å². The fraction of sp³-hybridized carbons (Fsp3) is 0.182. The molecular weight excluding hydrogens is 256 g/mol. The molecule has 0 bridgehead atoms. The van der Waals surface area contributed by atoms with Gasteiger partial charge in [0.15, 0.2) is 0 Å². The van der Waals surface area contributed by atoms with Gasteiger partial charge in [0.2, 0.25) is 17.6 Å². The van der Waals surface area contributed by atoms with Crippen molar-refractivity contribution in [3.05, 3.63) is 35.2 Å². The summed E-state index contributed by atoms with van der Waals surface area (Å²) in [5.74, 6) is 0.400. The number of nitrogens with one attached hydrogen (secondary N) is 1. The highest BCUT2D eigenvalue weighted by molar-refractivity contribution is 6.33. The molecule has 2 rings (SSSR count). The molecule has 18 heavy (non-hydrogen) atoms. The van der Waals surface area contributed by atoms with Gasteiger partial charge >= 0.3 is 0 Å². The zero-order valence-electron chi connectivity index (χ0n) is 9.39. The van der Waals surface area contributed by atoms with Crippen LogP contribution in [0.15, 0.2) is 28.8 Å². The maximum atomic E-state index is 11.0. The van der Waals surface area contributed by atoms with E-state index in [1.54, 1.807) is 12.1 Å². The van der Waals surface area contributed by atoms with Gasteiger partial charge in [0.1, 0.15) is 0 Å². The number of rotatable bonds is 4. The predicted molar refractivity (Wildman–Crippen MR) is 65.6 cm³/mol. The molecule has 3 N–H and O–H groups in total. The second kappa shape index (κ2) is 5.61. The minimum atomic E-state index is -0.285. The topological polar surface area (TPSA) is 94.0 Å². The van der Waals surface area contributed by atoms with Gasteiger partial charge in [0.25, 0.3) is 0 Å². The monoisotopic (exact) mass is 266 g/mol. The number of aromatic nitrogens is 2. The van der Waals surface area contributed by atoms with Crippen molar-refractivity contribution in [2.24, 2.45) is 5.73 Å². The van der Waals surface area contributed by atoms with Crippen LogP contribution < -0.4 is 11.1 Å². The quantitative estimate of drug-likeness (QED) is 0.860. The molecule has 2 aromatic rings. The summed E-state index contributed by atoms with van der Waals surface area (Å²) in [7, 11) is 0. The number of amides is 1. The van der Waals surface area contributed by atoms with Gasteiger partial charge < -0.3 is 15.6 Å². The minimum Gasteiger partial charge on any atom is -0.346 e. The fourth-order valence-corrected chi connectivity index (χ4v) is 1.55. The molecule has 7 heteroatoms. The van der Waals surface area contributed by atoms with Crippen molar-refractivity contribution in [2.45, 2.75) is 6.54 Å². The lowest BCUT2D eigenvalue weighted by Gasteiger charge is -1.97. The van der Waals surface area contributed by atoms with Crippen LogP contribution in [0.2, 0.25) is 5.02 Å². The molecule has 0 saturated carbocycles. The largest absolute Gasteiger partial charge is 0.346 e. The van der Waals surface area contributed by atoms with Crippen LogP contribution in [0, 0.1) is 0 Å². The van der Waals surface area contributed by atoms with E-state index in [9.17, 15) is 4.79 Å². The van der Waals surface area contributed by atoms with Crippen LogP contribution >= 0.6 is 11.6 Å². The average Bonchev–Trinajstić information content (AvgIpc) is 2.85. The van der Waals surface area contributed by atoms with Crippen molar-refractivity contribution >= 4 is 17.5 Å². The van der Waals surface area contributed by atoms with E-state index in [1.807, 2.05) is 12.1 Å². The summed E-state index contributed by atoms with van der Waals surface area (Å²) in [5, 5.41) is 6.87. The highest BCUT2D eigenvalue weighted by Crippen LogP contribution is 2.24. The maximum Gasteiger partial charge on any atom is 0.246 e. The Hall–Kier alpha value is -1.92. The lowest BCUT2D eigenvalue weighted by Crippen LogP contribution is -2.29. The van der Waals surface area contributed by atoms with Crippen molar-refractivity contribution in [3.8, 4) is 11.4 Å². The molecule has 0 atom stereocenters. The molecule has 0 aliphatic rings. The summed E-state index contributed by atoms with van der Waals surface area (Å²) in [5.41, 5.74) is 5.84. The van der Waals surface area contributed by atoms with E-state index in [0.717, 1.165) is 0 Å². The number of hydrogen-bond donors (Lipinski definition) is 2. The molecule has 1 aromatic heterocycles. The lowest BCUT2D eigenvalue weighted by molar-refractivity contribution is -0.120. The maximum absolute atomic E-state index is 11.0. The highest BCUT2D eigenvalue weighted by atomic mass is 35.5. The highest BCUT2D eigenvalue weighted by Gasteiger charge is 2.11. The Morgan fingerprint density at radius 1 is 1.44 bits per heavy atom. The van der Waals surface area contributed by atoms with Crippen molar-refractivity contribution in [1.82, 2.24) is 15.5 Å². The lowest BCUT2D eigenvalue weighted by atomic mass is 10.2.